The smallest absolute Gasteiger partial charge is 0.227 e. The van der Waals surface area contributed by atoms with Crippen LogP contribution in [0.25, 0.3) is 0 Å². The predicted molar refractivity (Wildman–Crippen MR) is 88.4 cm³/mol. The third-order valence-corrected chi connectivity index (χ3v) is 4.38. The Morgan fingerprint density at radius 1 is 1.38 bits per heavy atom. The van der Waals surface area contributed by atoms with Crippen LogP contribution in [0.5, 0.6) is 0 Å². The largest absolute Gasteiger partial charge is 0.369 e. The van der Waals surface area contributed by atoms with Crippen LogP contribution in [0.3, 0.4) is 0 Å². The van der Waals surface area contributed by atoms with Crippen molar-refractivity contribution in [3.05, 3.63) is 33.8 Å². The number of carbonyl (C=O) groups excluding carboxylic acids is 1. The molecule has 0 saturated carbocycles. The van der Waals surface area contributed by atoms with Gasteiger partial charge in [-0.25, -0.2) is 0 Å². The number of hydrogen-bond donors (Lipinski definition) is 0. The molecule has 0 radical (unpaired) electrons. The van der Waals surface area contributed by atoms with E-state index in [0.717, 1.165) is 16.5 Å². The van der Waals surface area contributed by atoms with E-state index in [2.05, 4.69) is 22.9 Å². The van der Waals surface area contributed by atoms with Gasteiger partial charge in [0.2, 0.25) is 5.91 Å². The summed E-state index contributed by atoms with van der Waals surface area (Å²) in [5, 5.41) is 0. The van der Waals surface area contributed by atoms with Gasteiger partial charge in [-0.2, -0.15) is 0 Å². The maximum atomic E-state index is 12.3. The van der Waals surface area contributed by atoms with Crippen molar-refractivity contribution < 1.29 is 9.53 Å². The summed E-state index contributed by atoms with van der Waals surface area (Å²) in [5.41, 5.74) is 2.21. The van der Waals surface area contributed by atoms with Crippen LogP contribution in [0.4, 0.5) is 0 Å². The Balaban J connectivity index is 1.91. The molecule has 1 heterocycles. The molecule has 0 bridgehead atoms. The molecule has 2 rings (SSSR count). The molecule has 1 aliphatic heterocycles. The topological polar surface area (TPSA) is 29.5 Å². The summed E-state index contributed by atoms with van der Waals surface area (Å²) >= 11 is 3.56. The van der Waals surface area contributed by atoms with Gasteiger partial charge in [0, 0.05) is 17.6 Å². The minimum atomic E-state index is -0.139. The number of likely N-dealkylation sites (tertiary alicyclic amines) is 1. The highest BCUT2D eigenvalue weighted by Crippen LogP contribution is 2.24. The lowest BCUT2D eigenvalue weighted by Crippen LogP contribution is -2.57. The Kier molecular flexibility index (Phi) is 5.10. The maximum Gasteiger partial charge on any atom is 0.227 e. The van der Waals surface area contributed by atoms with Crippen molar-refractivity contribution in [2.45, 2.75) is 52.2 Å². The van der Waals surface area contributed by atoms with Crippen LogP contribution >= 0.6 is 15.9 Å². The number of ether oxygens (including phenoxy) is 1. The van der Waals surface area contributed by atoms with E-state index in [-0.39, 0.29) is 17.6 Å². The monoisotopic (exact) mass is 353 g/mol. The van der Waals surface area contributed by atoms with Crippen molar-refractivity contribution in [1.82, 2.24) is 4.90 Å². The zero-order valence-corrected chi connectivity index (χ0v) is 14.9. The summed E-state index contributed by atoms with van der Waals surface area (Å²) in [6.45, 7) is 9.69. The van der Waals surface area contributed by atoms with Crippen molar-refractivity contribution in [2.75, 3.05) is 13.1 Å². The van der Waals surface area contributed by atoms with Crippen molar-refractivity contribution in [2.24, 2.45) is 0 Å². The summed E-state index contributed by atoms with van der Waals surface area (Å²) in [7, 11) is 0. The zero-order chi connectivity index (χ0) is 15.6. The standard InChI is InChI=1S/C17H24BrNO2/c1-5-14-12(7-6-8-15(14)18)9-16(20)19-10-13(11-19)21-17(2,3)4/h6-8,13H,5,9-11H2,1-4H3. The first kappa shape index (κ1) is 16.5. The van der Waals surface area contributed by atoms with Crippen molar-refractivity contribution >= 4 is 21.8 Å². The normalized spacial score (nSPS) is 16.0. The molecular formula is C17H24BrNO2. The van der Waals surface area contributed by atoms with Gasteiger partial charge >= 0.3 is 0 Å². The van der Waals surface area contributed by atoms with Gasteiger partial charge in [0.15, 0.2) is 0 Å². The lowest BCUT2D eigenvalue weighted by Gasteiger charge is -2.42. The van der Waals surface area contributed by atoms with Gasteiger partial charge in [0.1, 0.15) is 0 Å². The molecule has 1 fully saturated rings. The molecule has 1 aliphatic rings. The average molecular weight is 354 g/mol. The van der Waals surface area contributed by atoms with Crippen LogP contribution in [0.1, 0.15) is 38.8 Å². The number of nitrogens with zero attached hydrogens (tertiary/aromatic N) is 1. The van der Waals surface area contributed by atoms with E-state index in [0.29, 0.717) is 19.5 Å². The van der Waals surface area contributed by atoms with Crippen LogP contribution in [-0.2, 0) is 22.4 Å². The summed E-state index contributed by atoms with van der Waals surface area (Å²) < 4.78 is 6.96. The van der Waals surface area contributed by atoms with Gasteiger partial charge in [0.05, 0.1) is 18.1 Å². The summed E-state index contributed by atoms with van der Waals surface area (Å²) in [6, 6.07) is 6.07. The highest BCUT2D eigenvalue weighted by atomic mass is 79.9. The van der Waals surface area contributed by atoms with E-state index in [1.807, 2.05) is 43.9 Å². The molecule has 4 heteroatoms. The Morgan fingerprint density at radius 3 is 2.62 bits per heavy atom. The number of carbonyl (C=O) groups is 1. The highest BCUT2D eigenvalue weighted by molar-refractivity contribution is 9.10. The Morgan fingerprint density at radius 2 is 2.05 bits per heavy atom. The lowest BCUT2D eigenvalue weighted by molar-refractivity contribution is -0.156. The minimum absolute atomic E-state index is 0.139. The lowest BCUT2D eigenvalue weighted by atomic mass is 10.0. The van der Waals surface area contributed by atoms with Crippen LogP contribution < -0.4 is 0 Å². The third kappa shape index (κ3) is 4.30. The van der Waals surface area contributed by atoms with E-state index in [4.69, 9.17) is 4.74 Å². The summed E-state index contributed by atoms with van der Waals surface area (Å²) in [5.74, 6) is 0.191. The molecule has 21 heavy (non-hydrogen) atoms. The molecule has 1 saturated heterocycles. The summed E-state index contributed by atoms with van der Waals surface area (Å²) in [4.78, 5) is 14.2. The molecule has 1 aromatic carbocycles. The van der Waals surface area contributed by atoms with Crippen molar-refractivity contribution in [3.8, 4) is 0 Å². The van der Waals surface area contributed by atoms with Crippen molar-refractivity contribution in [3.63, 3.8) is 0 Å². The fourth-order valence-corrected chi connectivity index (χ4v) is 3.34. The van der Waals surface area contributed by atoms with Crippen molar-refractivity contribution in [1.29, 1.82) is 0 Å². The van der Waals surface area contributed by atoms with Gasteiger partial charge in [-0.3, -0.25) is 4.79 Å². The summed E-state index contributed by atoms with van der Waals surface area (Å²) in [6.07, 6.45) is 1.59. The number of benzene rings is 1. The molecule has 3 nitrogen and oxygen atoms in total. The van der Waals surface area contributed by atoms with E-state index >= 15 is 0 Å². The van der Waals surface area contributed by atoms with E-state index < -0.39 is 0 Å². The van der Waals surface area contributed by atoms with Gasteiger partial charge < -0.3 is 9.64 Å². The average Bonchev–Trinajstić information content (AvgIpc) is 2.32. The minimum Gasteiger partial charge on any atom is -0.369 e. The van der Waals surface area contributed by atoms with Crippen LogP contribution in [0.2, 0.25) is 0 Å². The van der Waals surface area contributed by atoms with Gasteiger partial charge in [-0.05, 0) is 44.4 Å². The molecule has 1 aromatic rings. The molecule has 1 amide bonds. The second kappa shape index (κ2) is 6.49. The Hall–Kier alpha value is -0.870. The highest BCUT2D eigenvalue weighted by Gasteiger charge is 2.34. The molecule has 0 aromatic heterocycles. The van der Waals surface area contributed by atoms with Gasteiger partial charge in [0.25, 0.3) is 0 Å². The second-order valence-corrected chi connectivity index (χ2v) is 7.41. The van der Waals surface area contributed by atoms with E-state index in [1.54, 1.807) is 0 Å². The molecular weight excluding hydrogens is 330 g/mol. The zero-order valence-electron chi connectivity index (χ0n) is 13.3. The predicted octanol–water partition coefficient (Wildman–Crippen LogP) is 3.58. The Bertz CT molecular complexity index is 516. The fraction of sp³-hybridized carbons (Fsp3) is 0.588. The number of rotatable bonds is 4. The molecule has 0 unspecified atom stereocenters. The first-order valence-electron chi connectivity index (χ1n) is 7.52. The quantitative estimate of drug-likeness (QED) is 0.827. The van der Waals surface area contributed by atoms with Gasteiger partial charge in [-0.1, -0.05) is 35.0 Å². The maximum absolute atomic E-state index is 12.3. The van der Waals surface area contributed by atoms with Crippen LogP contribution in [0.15, 0.2) is 22.7 Å². The molecule has 0 atom stereocenters. The van der Waals surface area contributed by atoms with E-state index in [1.165, 1.54) is 5.56 Å². The fourth-order valence-electron chi connectivity index (χ4n) is 2.66. The first-order chi connectivity index (χ1) is 9.80. The number of halogens is 1. The number of amides is 1. The van der Waals surface area contributed by atoms with Gasteiger partial charge in [-0.15, -0.1) is 0 Å². The molecule has 0 N–H and O–H groups in total. The first-order valence-corrected chi connectivity index (χ1v) is 8.31. The Labute approximate surface area is 135 Å². The SMILES string of the molecule is CCc1c(Br)cccc1CC(=O)N1CC(OC(C)(C)C)C1. The second-order valence-electron chi connectivity index (χ2n) is 6.56. The van der Waals surface area contributed by atoms with Crippen LogP contribution in [-0.4, -0.2) is 35.6 Å². The van der Waals surface area contributed by atoms with Crippen LogP contribution in [0, 0.1) is 0 Å². The van der Waals surface area contributed by atoms with E-state index in [9.17, 15) is 4.79 Å². The third-order valence-electron chi connectivity index (χ3n) is 3.63. The number of hydrogen-bond acceptors (Lipinski definition) is 2. The molecule has 0 aliphatic carbocycles. The molecule has 116 valence electrons. The molecule has 0 spiro atoms.